The average Bonchev–Trinajstić information content (AvgIpc) is 3.00. The predicted molar refractivity (Wildman–Crippen MR) is 121 cm³/mol. The Kier molecular flexibility index (Phi) is 5.29. The van der Waals surface area contributed by atoms with Crippen molar-refractivity contribution in [2.24, 2.45) is 5.10 Å². The maximum absolute atomic E-state index is 12.5. The summed E-state index contributed by atoms with van der Waals surface area (Å²) in [5, 5.41) is 16.7. The first kappa shape index (κ1) is 19.7. The highest BCUT2D eigenvalue weighted by molar-refractivity contribution is 6.30. The van der Waals surface area contributed by atoms with Gasteiger partial charge >= 0.3 is 0 Å². The summed E-state index contributed by atoms with van der Waals surface area (Å²) in [6, 6.07) is 20.4. The van der Waals surface area contributed by atoms with Crippen LogP contribution in [0.15, 0.2) is 71.8 Å². The Morgan fingerprint density at radius 1 is 1.03 bits per heavy atom. The van der Waals surface area contributed by atoms with Gasteiger partial charge in [0.15, 0.2) is 0 Å². The molecule has 0 fully saturated rings. The van der Waals surface area contributed by atoms with E-state index in [0.717, 1.165) is 33.4 Å². The molecule has 0 bridgehead atoms. The molecule has 1 heterocycles. The number of nitrogens with zero attached hydrogens (tertiary/aromatic N) is 2. The van der Waals surface area contributed by atoms with E-state index in [1.165, 1.54) is 0 Å². The first-order valence-electron chi connectivity index (χ1n) is 9.44. The van der Waals surface area contributed by atoms with Crippen LogP contribution in [0.4, 0.5) is 0 Å². The monoisotopic (exact) mass is 417 g/mol. The number of aryl methyl sites for hydroxylation is 1. The summed E-state index contributed by atoms with van der Waals surface area (Å²) in [7, 11) is 0. The molecule has 3 aromatic carbocycles. The second-order valence-corrected chi connectivity index (χ2v) is 7.49. The van der Waals surface area contributed by atoms with Gasteiger partial charge in [-0.2, -0.15) is 5.10 Å². The molecular weight excluding hydrogens is 398 g/mol. The van der Waals surface area contributed by atoms with E-state index in [2.05, 4.69) is 15.1 Å². The largest absolute Gasteiger partial charge is 0.507 e. The lowest BCUT2D eigenvalue weighted by Gasteiger charge is -2.09. The summed E-state index contributed by atoms with van der Waals surface area (Å²) in [6.07, 6.45) is 1.60. The van der Waals surface area contributed by atoms with Gasteiger partial charge in [0.05, 0.1) is 11.8 Å². The molecular formula is C24H20ClN3O2. The van der Waals surface area contributed by atoms with Gasteiger partial charge in [-0.1, -0.05) is 41.9 Å². The summed E-state index contributed by atoms with van der Waals surface area (Å²) in [6.45, 7) is 3.98. The van der Waals surface area contributed by atoms with Crippen LogP contribution in [-0.4, -0.2) is 21.8 Å². The number of hydrazone groups is 1. The van der Waals surface area contributed by atoms with Crippen LogP contribution in [0.1, 0.15) is 27.3 Å². The number of aromatic hydroxyl groups is 1. The van der Waals surface area contributed by atoms with Crippen LogP contribution in [0.5, 0.6) is 5.75 Å². The van der Waals surface area contributed by atoms with Crippen LogP contribution in [0.25, 0.3) is 16.5 Å². The molecule has 0 aliphatic heterocycles. The Morgan fingerprint density at radius 2 is 1.77 bits per heavy atom. The van der Waals surface area contributed by atoms with Gasteiger partial charge in [-0.25, -0.2) is 5.43 Å². The molecule has 6 heteroatoms. The lowest BCUT2D eigenvalue weighted by molar-refractivity contribution is 0.0952. The first-order valence-corrected chi connectivity index (χ1v) is 9.82. The lowest BCUT2D eigenvalue weighted by Crippen LogP contribution is -2.17. The van der Waals surface area contributed by atoms with E-state index in [1.807, 2.05) is 68.4 Å². The molecule has 1 aromatic heterocycles. The van der Waals surface area contributed by atoms with Crippen molar-refractivity contribution in [3.05, 3.63) is 94.3 Å². The first-order chi connectivity index (χ1) is 14.4. The van der Waals surface area contributed by atoms with Crippen molar-refractivity contribution in [1.29, 1.82) is 0 Å². The predicted octanol–water partition coefficient (Wildman–Crippen LogP) is 5.37. The van der Waals surface area contributed by atoms with Gasteiger partial charge in [-0.05, 0) is 61.0 Å². The SMILES string of the molecule is Cc1cc(/C=N/NC(=O)c2cc3ccccc3cc2O)c(C)n1-c1cccc(Cl)c1. The van der Waals surface area contributed by atoms with Gasteiger partial charge in [-0.3, -0.25) is 4.79 Å². The van der Waals surface area contributed by atoms with Crippen LogP contribution >= 0.6 is 11.6 Å². The van der Waals surface area contributed by atoms with Crippen LogP contribution in [0, 0.1) is 13.8 Å². The Balaban J connectivity index is 1.56. The number of fused-ring (bicyclic) bond motifs is 1. The van der Waals surface area contributed by atoms with Gasteiger partial charge in [-0.15, -0.1) is 0 Å². The average molecular weight is 418 g/mol. The summed E-state index contributed by atoms with van der Waals surface area (Å²) in [5.74, 6) is -0.557. The van der Waals surface area contributed by atoms with Gasteiger partial charge in [0.1, 0.15) is 5.75 Å². The molecule has 5 nitrogen and oxygen atoms in total. The number of carbonyl (C=O) groups is 1. The highest BCUT2D eigenvalue weighted by atomic mass is 35.5. The van der Waals surface area contributed by atoms with E-state index in [4.69, 9.17) is 11.6 Å². The maximum Gasteiger partial charge on any atom is 0.275 e. The fourth-order valence-corrected chi connectivity index (χ4v) is 3.75. The Labute approximate surface area is 179 Å². The maximum atomic E-state index is 12.5. The van der Waals surface area contributed by atoms with Gasteiger partial charge in [0, 0.05) is 27.7 Å². The zero-order valence-corrected chi connectivity index (χ0v) is 17.3. The van der Waals surface area contributed by atoms with Crippen molar-refractivity contribution >= 4 is 34.5 Å². The number of carbonyl (C=O) groups excluding carboxylic acids is 1. The van der Waals surface area contributed by atoms with E-state index in [9.17, 15) is 9.90 Å². The number of aromatic nitrogens is 1. The minimum absolute atomic E-state index is 0.0828. The number of benzene rings is 3. The highest BCUT2D eigenvalue weighted by Gasteiger charge is 2.13. The van der Waals surface area contributed by atoms with Crippen molar-refractivity contribution in [3.8, 4) is 11.4 Å². The number of hydrogen-bond donors (Lipinski definition) is 2. The molecule has 4 aromatic rings. The Morgan fingerprint density at radius 3 is 2.50 bits per heavy atom. The number of amides is 1. The molecule has 150 valence electrons. The molecule has 30 heavy (non-hydrogen) atoms. The van der Waals surface area contributed by atoms with Crippen molar-refractivity contribution in [1.82, 2.24) is 9.99 Å². The second kappa shape index (κ2) is 8.05. The van der Waals surface area contributed by atoms with Gasteiger partial charge in [0.25, 0.3) is 5.91 Å². The highest BCUT2D eigenvalue weighted by Crippen LogP contribution is 2.25. The Hall–Kier alpha value is -3.57. The molecule has 0 aliphatic carbocycles. The quantitative estimate of drug-likeness (QED) is 0.346. The van der Waals surface area contributed by atoms with Crippen LogP contribution < -0.4 is 5.43 Å². The molecule has 2 N–H and O–H groups in total. The van der Waals surface area contributed by atoms with Crippen LogP contribution in [0.3, 0.4) is 0 Å². The molecule has 0 saturated carbocycles. The standard InChI is InChI=1S/C24H20ClN3O2/c1-15-10-19(16(2)28(15)21-9-5-8-20(25)13-21)14-26-27-24(30)22-11-17-6-3-4-7-18(17)12-23(22)29/h3-14,29H,1-2H3,(H,27,30)/b26-14+. The van der Waals surface area contributed by atoms with E-state index >= 15 is 0 Å². The third kappa shape index (κ3) is 3.80. The minimum Gasteiger partial charge on any atom is -0.507 e. The van der Waals surface area contributed by atoms with Crippen LogP contribution in [-0.2, 0) is 0 Å². The van der Waals surface area contributed by atoms with E-state index in [1.54, 1.807) is 18.3 Å². The molecule has 0 unspecified atom stereocenters. The number of hydrogen-bond acceptors (Lipinski definition) is 3. The van der Waals surface area contributed by atoms with Gasteiger partial charge < -0.3 is 9.67 Å². The minimum atomic E-state index is -0.474. The molecule has 0 saturated heterocycles. The van der Waals surface area contributed by atoms with E-state index < -0.39 is 5.91 Å². The lowest BCUT2D eigenvalue weighted by atomic mass is 10.1. The van der Waals surface area contributed by atoms with E-state index in [0.29, 0.717) is 5.02 Å². The Bertz CT molecular complexity index is 1290. The smallest absolute Gasteiger partial charge is 0.275 e. The molecule has 0 spiro atoms. The molecule has 0 radical (unpaired) electrons. The zero-order valence-electron chi connectivity index (χ0n) is 16.6. The third-order valence-corrected chi connectivity index (χ3v) is 5.25. The number of phenolic OH excluding ortho intramolecular Hbond substituents is 1. The normalized spacial score (nSPS) is 11.3. The topological polar surface area (TPSA) is 66.6 Å². The number of phenols is 1. The molecule has 0 aliphatic rings. The second-order valence-electron chi connectivity index (χ2n) is 7.06. The van der Waals surface area contributed by atoms with Crippen molar-refractivity contribution < 1.29 is 9.90 Å². The fourth-order valence-electron chi connectivity index (χ4n) is 3.56. The van der Waals surface area contributed by atoms with Crippen molar-refractivity contribution in [2.45, 2.75) is 13.8 Å². The number of halogens is 1. The number of nitrogens with one attached hydrogen (secondary N) is 1. The summed E-state index contributed by atoms with van der Waals surface area (Å²) >= 11 is 6.12. The molecule has 0 atom stereocenters. The van der Waals surface area contributed by atoms with Gasteiger partial charge in [0.2, 0.25) is 0 Å². The fraction of sp³-hybridized carbons (Fsp3) is 0.0833. The molecule has 1 amide bonds. The van der Waals surface area contributed by atoms with Crippen molar-refractivity contribution in [3.63, 3.8) is 0 Å². The molecule has 4 rings (SSSR count). The van der Waals surface area contributed by atoms with Crippen LogP contribution in [0.2, 0.25) is 5.02 Å². The van der Waals surface area contributed by atoms with Crippen molar-refractivity contribution in [2.75, 3.05) is 0 Å². The summed E-state index contributed by atoms with van der Waals surface area (Å²) in [4.78, 5) is 12.5. The third-order valence-electron chi connectivity index (χ3n) is 5.02. The number of rotatable bonds is 4. The van der Waals surface area contributed by atoms with E-state index in [-0.39, 0.29) is 11.3 Å². The summed E-state index contributed by atoms with van der Waals surface area (Å²) < 4.78 is 2.07. The zero-order chi connectivity index (χ0) is 21.3. The summed E-state index contributed by atoms with van der Waals surface area (Å²) in [5.41, 5.74) is 6.50.